The molecule has 0 unspecified atom stereocenters. The second-order valence-electron chi connectivity index (χ2n) is 4.28. The van der Waals surface area contributed by atoms with Crippen LogP contribution in [0.1, 0.15) is 0 Å². The van der Waals surface area contributed by atoms with Crippen molar-refractivity contribution in [3.8, 4) is 0 Å². The van der Waals surface area contributed by atoms with Crippen LogP contribution in [-0.2, 0) is 21.3 Å². The van der Waals surface area contributed by atoms with Crippen molar-refractivity contribution in [1.82, 2.24) is 9.78 Å². The average molecular weight is 375 g/mol. The normalized spacial score (nSPS) is 11.5. The molecular weight excluding hydrogens is 360 g/mol. The number of hydrogen-bond donors (Lipinski definition) is 2. The fraction of sp³-hybridized carbons (Fsp3) is 0.250. The van der Waals surface area contributed by atoms with E-state index in [2.05, 4.69) is 25.8 Å². The minimum absolute atomic E-state index is 0.0761. The van der Waals surface area contributed by atoms with E-state index < -0.39 is 10.0 Å². The van der Waals surface area contributed by atoms with Crippen molar-refractivity contribution < 1.29 is 13.2 Å². The Labute approximate surface area is 131 Å². The number of methoxy groups -OCH3 is 1. The molecule has 0 bridgehead atoms. The number of ether oxygens (including phenoxy) is 1. The molecule has 3 N–H and O–H groups in total. The molecule has 0 spiro atoms. The molecule has 2 aromatic rings. The van der Waals surface area contributed by atoms with Gasteiger partial charge in [0, 0.05) is 23.5 Å². The molecule has 0 amide bonds. The first kappa shape index (κ1) is 15.8. The van der Waals surface area contributed by atoms with Crippen molar-refractivity contribution in [2.75, 3.05) is 24.2 Å². The van der Waals surface area contributed by atoms with Gasteiger partial charge in [-0.25, -0.2) is 8.42 Å². The molecule has 0 saturated carbocycles. The largest absolute Gasteiger partial charge is 0.399 e. The monoisotopic (exact) mass is 374 g/mol. The molecule has 1 aromatic carbocycles. The maximum absolute atomic E-state index is 12.3. The van der Waals surface area contributed by atoms with Gasteiger partial charge in [-0.2, -0.15) is 5.10 Å². The van der Waals surface area contributed by atoms with Gasteiger partial charge in [-0.1, -0.05) is 0 Å². The molecular formula is C12H15BrN4O3S. The summed E-state index contributed by atoms with van der Waals surface area (Å²) in [6, 6.07) is 4.60. The maximum Gasteiger partial charge on any atom is 0.263 e. The van der Waals surface area contributed by atoms with Gasteiger partial charge in [0.1, 0.15) is 4.90 Å². The van der Waals surface area contributed by atoms with Crippen molar-refractivity contribution >= 4 is 37.3 Å². The Morgan fingerprint density at radius 1 is 1.48 bits per heavy atom. The van der Waals surface area contributed by atoms with Crippen molar-refractivity contribution in [3.05, 3.63) is 35.1 Å². The molecule has 9 heteroatoms. The van der Waals surface area contributed by atoms with E-state index in [1.807, 2.05) is 0 Å². The third-order valence-corrected chi connectivity index (χ3v) is 5.03. The van der Waals surface area contributed by atoms with E-state index in [0.717, 1.165) is 0 Å². The van der Waals surface area contributed by atoms with Crippen LogP contribution in [-0.4, -0.2) is 31.9 Å². The van der Waals surface area contributed by atoms with Gasteiger partial charge in [0.2, 0.25) is 0 Å². The van der Waals surface area contributed by atoms with Crippen LogP contribution < -0.4 is 10.5 Å². The number of sulfonamides is 1. The zero-order valence-electron chi connectivity index (χ0n) is 11.3. The number of anilines is 2. The Balaban J connectivity index is 2.21. The van der Waals surface area contributed by atoms with E-state index in [0.29, 0.717) is 29.0 Å². The highest BCUT2D eigenvalue weighted by Crippen LogP contribution is 2.26. The summed E-state index contributed by atoms with van der Waals surface area (Å²) in [7, 11) is -2.15. The standard InChI is InChI=1S/C12H15BrN4O3S/c1-20-5-4-17-8-10(7-15-17)16-21(18,19)12-6-9(14)2-3-11(12)13/h2-3,6-8,16H,4-5,14H2,1H3. The van der Waals surface area contributed by atoms with Crippen LogP contribution in [0.15, 0.2) is 40.0 Å². The minimum atomic E-state index is -3.74. The van der Waals surface area contributed by atoms with Crippen LogP contribution in [0, 0.1) is 0 Å². The molecule has 114 valence electrons. The number of aromatic nitrogens is 2. The Morgan fingerprint density at radius 2 is 2.24 bits per heavy atom. The van der Waals surface area contributed by atoms with E-state index in [1.54, 1.807) is 30.1 Å². The smallest absolute Gasteiger partial charge is 0.263 e. The summed E-state index contributed by atoms with van der Waals surface area (Å²) in [5.74, 6) is 0. The quantitative estimate of drug-likeness (QED) is 0.749. The molecule has 0 radical (unpaired) electrons. The molecule has 1 aromatic heterocycles. The highest BCUT2D eigenvalue weighted by Gasteiger charge is 2.18. The predicted molar refractivity (Wildman–Crippen MR) is 83.5 cm³/mol. The summed E-state index contributed by atoms with van der Waals surface area (Å²) < 4.78 is 34.1. The van der Waals surface area contributed by atoms with Crippen molar-refractivity contribution in [1.29, 1.82) is 0 Å². The van der Waals surface area contributed by atoms with Gasteiger partial charge in [0.15, 0.2) is 0 Å². The first-order valence-electron chi connectivity index (χ1n) is 6.01. The van der Waals surface area contributed by atoms with Gasteiger partial charge in [-0.15, -0.1) is 0 Å². The van der Waals surface area contributed by atoms with Crippen LogP contribution >= 0.6 is 15.9 Å². The van der Waals surface area contributed by atoms with Crippen LogP contribution in [0.25, 0.3) is 0 Å². The Morgan fingerprint density at radius 3 is 2.95 bits per heavy atom. The van der Waals surface area contributed by atoms with Gasteiger partial charge in [-0.3, -0.25) is 9.40 Å². The molecule has 0 aliphatic heterocycles. The van der Waals surface area contributed by atoms with Crippen LogP contribution in [0.2, 0.25) is 0 Å². The summed E-state index contributed by atoms with van der Waals surface area (Å²) in [6.07, 6.45) is 3.03. The van der Waals surface area contributed by atoms with Crippen molar-refractivity contribution in [2.45, 2.75) is 11.4 Å². The molecule has 1 heterocycles. The van der Waals surface area contributed by atoms with E-state index in [-0.39, 0.29) is 4.90 Å². The number of hydrogen-bond acceptors (Lipinski definition) is 5. The second kappa shape index (κ2) is 6.46. The number of nitrogens with zero attached hydrogens (tertiary/aromatic N) is 2. The summed E-state index contributed by atoms with van der Waals surface area (Å²) in [5, 5.41) is 4.04. The van der Waals surface area contributed by atoms with Gasteiger partial charge in [0.05, 0.1) is 25.0 Å². The Hall–Kier alpha value is -1.58. The molecule has 21 heavy (non-hydrogen) atoms. The number of nitrogens with two attached hydrogens (primary N) is 1. The predicted octanol–water partition coefficient (Wildman–Crippen LogP) is 1.67. The molecule has 0 aliphatic rings. The van der Waals surface area contributed by atoms with Crippen LogP contribution in [0.3, 0.4) is 0 Å². The summed E-state index contributed by atoms with van der Waals surface area (Å²) in [5.41, 5.74) is 6.38. The molecule has 7 nitrogen and oxygen atoms in total. The van der Waals surface area contributed by atoms with Crippen LogP contribution in [0.5, 0.6) is 0 Å². The minimum Gasteiger partial charge on any atom is -0.399 e. The molecule has 0 fully saturated rings. The molecule has 0 aliphatic carbocycles. The Bertz CT molecular complexity index is 730. The van der Waals surface area contributed by atoms with Crippen molar-refractivity contribution in [2.24, 2.45) is 0 Å². The lowest BCUT2D eigenvalue weighted by Crippen LogP contribution is -2.13. The number of benzene rings is 1. The van der Waals surface area contributed by atoms with E-state index in [1.165, 1.54) is 12.3 Å². The zero-order chi connectivity index (χ0) is 15.5. The molecule has 0 atom stereocenters. The van der Waals surface area contributed by atoms with Gasteiger partial charge < -0.3 is 10.5 Å². The fourth-order valence-corrected chi connectivity index (χ4v) is 3.69. The molecule has 2 rings (SSSR count). The highest BCUT2D eigenvalue weighted by molar-refractivity contribution is 9.10. The SMILES string of the molecule is COCCn1cc(NS(=O)(=O)c2cc(N)ccc2Br)cn1. The Kier molecular flexibility index (Phi) is 4.86. The van der Waals surface area contributed by atoms with Crippen LogP contribution in [0.4, 0.5) is 11.4 Å². The lowest BCUT2D eigenvalue weighted by atomic mass is 10.3. The first-order valence-corrected chi connectivity index (χ1v) is 8.29. The molecule has 0 saturated heterocycles. The lowest BCUT2D eigenvalue weighted by Gasteiger charge is -2.08. The van der Waals surface area contributed by atoms with E-state index in [9.17, 15) is 8.42 Å². The number of nitrogens with one attached hydrogen (secondary N) is 1. The number of halogens is 1. The highest BCUT2D eigenvalue weighted by atomic mass is 79.9. The average Bonchev–Trinajstić information content (AvgIpc) is 2.86. The topological polar surface area (TPSA) is 99.2 Å². The second-order valence-corrected chi connectivity index (χ2v) is 6.79. The van der Waals surface area contributed by atoms with Crippen molar-refractivity contribution in [3.63, 3.8) is 0 Å². The lowest BCUT2D eigenvalue weighted by molar-refractivity contribution is 0.183. The van der Waals surface area contributed by atoms with E-state index in [4.69, 9.17) is 10.5 Å². The first-order chi connectivity index (χ1) is 9.92. The zero-order valence-corrected chi connectivity index (χ0v) is 13.7. The third kappa shape index (κ3) is 3.96. The summed E-state index contributed by atoms with van der Waals surface area (Å²) in [4.78, 5) is 0.0761. The maximum atomic E-state index is 12.3. The summed E-state index contributed by atoms with van der Waals surface area (Å²) >= 11 is 3.21. The van der Waals surface area contributed by atoms with Gasteiger partial charge in [-0.05, 0) is 34.1 Å². The van der Waals surface area contributed by atoms with Gasteiger partial charge >= 0.3 is 0 Å². The number of nitrogen functional groups attached to an aromatic ring is 1. The van der Waals surface area contributed by atoms with Gasteiger partial charge in [0.25, 0.3) is 10.0 Å². The van der Waals surface area contributed by atoms with E-state index >= 15 is 0 Å². The summed E-state index contributed by atoms with van der Waals surface area (Å²) in [6.45, 7) is 1.04. The number of rotatable bonds is 6. The third-order valence-electron chi connectivity index (χ3n) is 2.65. The fourth-order valence-electron chi connectivity index (χ4n) is 1.66.